The predicted molar refractivity (Wildman–Crippen MR) is 75.9 cm³/mol. The first kappa shape index (κ1) is 11.6. The van der Waals surface area contributed by atoms with Crippen LogP contribution in [0.3, 0.4) is 0 Å². The number of aromatic amines is 1. The molecule has 0 bridgehead atoms. The van der Waals surface area contributed by atoms with Crippen molar-refractivity contribution in [2.24, 2.45) is 0 Å². The number of carbonyl (C=O) groups is 1. The lowest BCUT2D eigenvalue weighted by Gasteiger charge is -2.02. The summed E-state index contributed by atoms with van der Waals surface area (Å²) in [4.78, 5) is 14.9. The summed E-state index contributed by atoms with van der Waals surface area (Å²) in [5, 5.41) is 13.2. The molecule has 0 spiro atoms. The van der Waals surface area contributed by atoms with E-state index in [9.17, 15) is 4.79 Å². The van der Waals surface area contributed by atoms with Crippen LogP contribution in [0.4, 0.5) is 5.69 Å². The summed E-state index contributed by atoms with van der Waals surface area (Å²) < 4.78 is 6.34. The molecule has 0 amide bonds. The van der Waals surface area contributed by atoms with Gasteiger partial charge < -0.3 is 15.5 Å². The Morgan fingerprint density at radius 1 is 1.38 bits per heavy atom. The zero-order chi connectivity index (χ0) is 14.6. The molecule has 0 fully saturated rings. The number of ether oxygens (including phenoxy) is 1. The van der Waals surface area contributed by atoms with E-state index in [1.807, 2.05) is 24.3 Å². The summed E-state index contributed by atoms with van der Waals surface area (Å²) in [6.45, 7) is 0. The van der Waals surface area contributed by atoms with Gasteiger partial charge in [-0.1, -0.05) is 18.2 Å². The van der Waals surface area contributed by atoms with Gasteiger partial charge in [0, 0.05) is 5.39 Å². The molecule has 0 saturated carbocycles. The maximum absolute atomic E-state index is 11.8. The van der Waals surface area contributed by atoms with Crippen LogP contribution >= 0.6 is 0 Å². The predicted octanol–water partition coefficient (Wildman–Crippen LogP) is 1.13. The number of benzene rings is 1. The zero-order valence-corrected chi connectivity index (χ0v) is 11.0. The van der Waals surface area contributed by atoms with Gasteiger partial charge in [0.1, 0.15) is 5.69 Å². The van der Waals surface area contributed by atoms with E-state index < -0.39 is 5.97 Å². The third kappa shape index (κ3) is 1.38. The zero-order valence-electron chi connectivity index (χ0n) is 11.0. The van der Waals surface area contributed by atoms with Gasteiger partial charge in [0.15, 0.2) is 5.65 Å². The third-order valence-electron chi connectivity index (χ3n) is 3.52. The normalized spacial score (nSPS) is 11.5. The highest BCUT2D eigenvalue weighted by Crippen LogP contribution is 2.33. The molecule has 0 saturated heterocycles. The standard InChI is InChI=1S/C13H10N6O2/c1-21-13(20)11-9(14)8-10(15-11)6-4-2-3-5-7(6)19-12(8)16-17-18-19/h2-5,15H,14H2,1H3. The first-order valence-corrected chi connectivity index (χ1v) is 6.20. The largest absolute Gasteiger partial charge is 0.464 e. The number of nitrogen functional groups attached to an aromatic ring is 1. The van der Waals surface area contributed by atoms with Gasteiger partial charge in [0.05, 0.1) is 29.2 Å². The second-order valence-corrected chi connectivity index (χ2v) is 4.59. The van der Waals surface area contributed by atoms with Crippen LogP contribution in [0, 0.1) is 0 Å². The van der Waals surface area contributed by atoms with E-state index in [0.717, 1.165) is 10.9 Å². The lowest BCUT2D eigenvalue weighted by atomic mass is 10.1. The van der Waals surface area contributed by atoms with Gasteiger partial charge >= 0.3 is 5.97 Å². The Hall–Kier alpha value is -3.16. The Morgan fingerprint density at radius 2 is 2.19 bits per heavy atom. The van der Waals surface area contributed by atoms with Crippen molar-refractivity contribution >= 4 is 39.1 Å². The van der Waals surface area contributed by atoms with E-state index in [2.05, 4.69) is 20.5 Å². The Morgan fingerprint density at radius 3 is 3.00 bits per heavy atom. The number of hydrogen-bond acceptors (Lipinski definition) is 6. The summed E-state index contributed by atoms with van der Waals surface area (Å²) in [7, 11) is 1.31. The van der Waals surface area contributed by atoms with Crippen molar-refractivity contribution in [3.63, 3.8) is 0 Å². The Kier molecular flexibility index (Phi) is 2.17. The molecule has 0 aliphatic heterocycles. The third-order valence-corrected chi connectivity index (χ3v) is 3.52. The van der Waals surface area contributed by atoms with Crippen molar-refractivity contribution < 1.29 is 9.53 Å². The summed E-state index contributed by atoms with van der Waals surface area (Å²) in [6, 6.07) is 7.60. The molecule has 1 aromatic carbocycles. The van der Waals surface area contributed by atoms with E-state index in [1.54, 1.807) is 4.52 Å². The summed E-state index contributed by atoms with van der Waals surface area (Å²) in [6.07, 6.45) is 0. The molecule has 3 aromatic heterocycles. The second kappa shape index (κ2) is 3.92. The number of tetrazole rings is 1. The van der Waals surface area contributed by atoms with E-state index in [4.69, 9.17) is 10.5 Å². The molecule has 3 heterocycles. The van der Waals surface area contributed by atoms with Crippen LogP contribution in [0.1, 0.15) is 10.5 Å². The molecule has 4 aromatic rings. The molecule has 21 heavy (non-hydrogen) atoms. The fourth-order valence-electron chi connectivity index (χ4n) is 2.59. The molecule has 8 nitrogen and oxygen atoms in total. The van der Waals surface area contributed by atoms with Crippen molar-refractivity contribution in [3.05, 3.63) is 30.0 Å². The topological polar surface area (TPSA) is 111 Å². The van der Waals surface area contributed by atoms with Gasteiger partial charge in [0.25, 0.3) is 0 Å². The minimum atomic E-state index is -0.529. The molecule has 0 aliphatic carbocycles. The molecule has 8 heteroatoms. The maximum Gasteiger partial charge on any atom is 0.356 e. The van der Waals surface area contributed by atoms with Gasteiger partial charge in [-0.05, 0) is 16.5 Å². The van der Waals surface area contributed by atoms with E-state index in [-0.39, 0.29) is 11.4 Å². The summed E-state index contributed by atoms with van der Waals surface area (Å²) >= 11 is 0. The van der Waals surface area contributed by atoms with Crippen LogP contribution in [0.15, 0.2) is 24.3 Å². The van der Waals surface area contributed by atoms with Crippen molar-refractivity contribution in [2.45, 2.75) is 0 Å². The fourth-order valence-corrected chi connectivity index (χ4v) is 2.59. The first-order valence-electron chi connectivity index (χ1n) is 6.20. The van der Waals surface area contributed by atoms with Crippen LogP contribution in [-0.4, -0.2) is 38.1 Å². The molecule has 0 atom stereocenters. The van der Waals surface area contributed by atoms with Crippen LogP contribution < -0.4 is 5.73 Å². The maximum atomic E-state index is 11.8. The Labute approximate surface area is 117 Å². The average molecular weight is 282 g/mol. The number of esters is 1. The Balaban J connectivity index is 2.30. The Bertz CT molecular complexity index is 1020. The van der Waals surface area contributed by atoms with E-state index >= 15 is 0 Å². The number of aromatic nitrogens is 5. The smallest absolute Gasteiger partial charge is 0.356 e. The quantitative estimate of drug-likeness (QED) is 0.506. The summed E-state index contributed by atoms with van der Waals surface area (Å²) in [5.74, 6) is -0.529. The number of rotatable bonds is 1. The number of pyridine rings is 1. The first-order chi connectivity index (χ1) is 10.2. The number of anilines is 1. The highest BCUT2D eigenvalue weighted by atomic mass is 16.5. The van der Waals surface area contributed by atoms with Gasteiger partial charge in [-0.2, -0.15) is 4.52 Å². The average Bonchev–Trinajstić information content (AvgIpc) is 3.11. The number of methoxy groups -OCH3 is 1. The number of carbonyl (C=O) groups excluding carboxylic acids is 1. The number of para-hydroxylation sites is 1. The van der Waals surface area contributed by atoms with Gasteiger partial charge in [-0.3, -0.25) is 0 Å². The van der Waals surface area contributed by atoms with E-state index in [0.29, 0.717) is 16.6 Å². The molecule has 4 rings (SSSR count). The molecular weight excluding hydrogens is 272 g/mol. The van der Waals surface area contributed by atoms with Crippen molar-refractivity contribution in [3.8, 4) is 0 Å². The van der Waals surface area contributed by atoms with Crippen LogP contribution in [0.5, 0.6) is 0 Å². The molecule has 0 unspecified atom stereocenters. The molecule has 0 radical (unpaired) electrons. The second-order valence-electron chi connectivity index (χ2n) is 4.59. The van der Waals surface area contributed by atoms with Crippen LogP contribution in [0.25, 0.3) is 27.5 Å². The van der Waals surface area contributed by atoms with Gasteiger partial charge in [-0.25, -0.2) is 4.79 Å². The van der Waals surface area contributed by atoms with Crippen LogP contribution in [-0.2, 0) is 4.74 Å². The number of nitrogens with zero attached hydrogens (tertiary/aromatic N) is 4. The highest BCUT2D eigenvalue weighted by molar-refractivity contribution is 6.18. The van der Waals surface area contributed by atoms with Gasteiger partial charge in [0.2, 0.25) is 0 Å². The number of nitrogens with two attached hydrogens (primary N) is 1. The minimum absolute atomic E-state index is 0.203. The van der Waals surface area contributed by atoms with E-state index in [1.165, 1.54) is 7.11 Å². The highest BCUT2D eigenvalue weighted by Gasteiger charge is 2.21. The molecule has 104 valence electrons. The van der Waals surface area contributed by atoms with Crippen molar-refractivity contribution in [1.29, 1.82) is 0 Å². The lowest BCUT2D eigenvalue weighted by Crippen LogP contribution is -2.04. The lowest BCUT2D eigenvalue weighted by molar-refractivity contribution is 0.0596. The van der Waals surface area contributed by atoms with Crippen LogP contribution in [0.2, 0.25) is 0 Å². The minimum Gasteiger partial charge on any atom is -0.464 e. The summed E-state index contributed by atoms with van der Waals surface area (Å²) in [5.41, 5.74) is 8.60. The van der Waals surface area contributed by atoms with Crippen molar-refractivity contribution in [2.75, 3.05) is 12.8 Å². The van der Waals surface area contributed by atoms with Crippen molar-refractivity contribution in [1.82, 2.24) is 25.0 Å². The molecule has 0 aliphatic rings. The monoisotopic (exact) mass is 282 g/mol. The fraction of sp³-hybridized carbons (Fsp3) is 0.0769. The number of hydrogen-bond donors (Lipinski definition) is 2. The molecule has 3 N–H and O–H groups in total. The number of fused-ring (bicyclic) bond motifs is 6. The SMILES string of the molecule is COC(=O)c1[nH]c2c3ccccc3n3nnnc3c2c1N. The number of H-pyrrole nitrogens is 1. The number of nitrogens with one attached hydrogen (secondary N) is 1. The van der Waals surface area contributed by atoms with Gasteiger partial charge in [-0.15, -0.1) is 5.10 Å². The molecular formula is C13H10N6O2.